The maximum absolute atomic E-state index is 12.7. The quantitative estimate of drug-likeness (QED) is 0.0597. The zero-order valence-electron chi connectivity index (χ0n) is 26.9. The first-order valence-corrected chi connectivity index (χ1v) is 16.3. The van der Waals surface area contributed by atoms with Gasteiger partial charge in [0.2, 0.25) is 0 Å². The Kier molecular flexibility index (Phi) is 16.6. The molecule has 1 atom stereocenters. The van der Waals surface area contributed by atoms with Gasteiger partial charge in [0.15, 0.2) is 0 Å². The summed E-state index contributed by atoms with van der Waals surface area (Å²) < 4.78 is 11.2. The molecule has 0 saturated heterocycles. The van der Waals surface area contributed by atoms with Crippen molar-refractivity contribution in [2.45, 2.75) is 64.6 Å². The van der Waals surface area contributed by atoms with Crippen LogP contribution >= 0.6 is 0 Å². The van der Waals surface area contributed by atoms with Crippen molar-refractivity contribution in [3.63, 3.8) is 0 Å². The molecule has 0 fully saturated rings. The SMILES string of the molecule is CCO.O=C(OCc1cc(C(O)CNCCCCCCOCCCCc2ccccc2)ccc1O)c1ccc2ccccc2c1O. The van der Waals surface area contributed by atoms with E-state index in [1.54, 1.807) is 37.3 Å². The largest absolute Gasteiger partial charge is 0.508 e. The van der Waals surface area contributed by atoms with Gasteiger partial charge in [0.05, 0.1) is 6.10 Å². The first-order valence-electron chi connectivity index (χ1n) is 16.3. The second-order valence-electron chi connectivity index (χ2n) is 11.2. The zero-order valence-corrected chi connectivity index (χ0v) is 26.9. The van der Waals surface area contributed by atoms with E-state index >= 15 is 0 Å². The minimum atomic E-state index is -0.769. The number of esters is 1. The van der Waals surface area contributed by atoms with E-state index < -0.39 is 12.1 Å². The van der Waals surface area contributed by atoms with E-state index in [-0.39, 0.29) is 30.3 Å². The number of aromatic hydroxyl groups is 2. The Labute approximate surface area is 272 Å². The third kappa shape index (κ3) is 12.4. The fourth-order valence-electron chi connectivity index (χ4n) is 5.01. The third-order valence-electron chi connectivity index (χ3n) is 7.54. The van der Waals surface area contributed by atoms with Crippen LogP contribution in [-0.2, 0) is 22.5 Å². The normalized spacial score (nSPS) is 11.5. The van der Waals surface area contributed by atoms with Crippen LogP contribution in [0.3, 0.4) is 0 Å². The van der Waals surface area contributed by atoms with Crippen molar-refractivity contribution < 1.29 is 34.7 Å². The van der Waals surface area contributed by atoms with Crippen molar-refractivity contribution in [1.29, 1.82) is 0 Å². The van der Waals surface area contributed by atoms with E-state index in [9.17, 15) is 20.1 Å². The van der Waals surface area contributed by atoms with Gasteiger partial charge < -0.3 is 35.2 Å². The fraction of sp³-hybridized carbons (Fsp3) is 0.395. The van der Waals surface area contributed by atoms with Crippen LogP contribution in [0.5, 0.6) is 11.5 Å². The van der Waals surface area contributed by atoms with E-state index in [0.717, 1.165) is 70.1 Å². The van der Waals surface area contributed by atoms with E-state index in [0.29, 0.717) is 23.1 Å². The van der Waals surface area contributed by atoms with Crippen LogP contribution in [0.25, 0.3) is 10.8 Å². The van der Waals surface area contributed by atoms with Crippen molar-refractivity contribution in [2.75, 3.05) is 32.9 Å². The second-order valence-corrected chi connectivity index (χ2v) is 11.2. The van der Waals surface area contributed by atoms with Crippen LogP contribution in [-0.4, -0.2) is 59.3 Å². The summed E-state index contributed by atoms with van der Waals surface area (Å²) in [6.45, 7) is 4.54. The number of fused-ring (bicyclic) bond motifs is 1. The molecule has 0 saturated carbocycles. The number of carbonyl (C=O) groups is 1. The number of phenolic OH excluding ortho intramolecular Hbond substituents is 2. The third-order valence-corrected chi connectivity index (χ3v) is 7.54. The molecule has 0 aliphatic rings. The smallest absolute Gasteiger partial charge is 0.342 e. The summed E-state index contributed by atoms with van der Waals surface area (Å²) in [5.74, 6) is -0.864. The zero-order chi connectivity index (χ0) is 33.0. The minimum Gasteiger partial charge on any atom is -0.508 e. The summed E-state index contributed by atoms with van der Waals surface area (Å²) >= 11 is 0. The van der Waals surface area contributed by atoms with Gasteiger partial charge in [0, 0.05) is 37.3 Å². The number of carbonyl (C=O) groups excluding carboxylic acids is 1. The lowest BCUT2D eigenvalue weighted by Gasteiger charge is -2.15. The van der Waals surface area contributed by atoms with Gasteiger partial charge in [-0.15, -0.1) is 0 Å². The molecule has 4 aromatic rings. The highest BCUT2D eigenvalue weighted by molar-refractivity contribution is 6.01. The maximum atomic E-state index is 12.7. The van der Waals surface area contributed by atoms with Gasteiger partial charge in [-0.05, 0) is 80.3 Å². The van der Waals surface area contributed by atoms with E-state index in [1.807, 2.05) is 18.2 Å². The Balaban J connectivity index is 0.00000185. The molecule has 4 aromatic carbocycles. The molecule has 0 spiro atoms. The fourth-order valence-corrected chi connectivity index (χ4v) is 5.01. The Bertz CT molecular complexity index is 1440. The number of aryl methyl sites for hydroxylation is 1. The molecule has 46 heavy (non-hydrogen) atoms. The molecule has 8 nitrogen and oxygen atoms in total. The van der Waals surface area contributed by atoms with E-state index in [2.05, 4.69) is 29.6 Å². The molecule has 0 bridgehead atoms. The monoisotopic (exact) mass is 631 g/mol. The van der Waals surface area contributed by atoms with Crippen molar-refractivity contribution in [1.82, 2.24) is 5.32 Å². The molecule has 1 unspecified atom stereocenters. The molecule has 4 rings (SSSR count). The van der Waals surface area contributed by atoms with Crippen LogP contribution in [0.4, 0.5) is 0 Å². The van der Waals surface area contributed by atoms with Crippen LogP contribution < -0.4 is 5.32 Å². The first-order chi connectivity index (χ1) is 22.4. The first kappa shape index (κ1) is 36.5. The molecule has 0 amide bonds. The molecule has 8 heteroatoms. The number of rotatable bonds is 18. The second kappa shape index (κ2) is 21.0. The summed E-state index contributed by atoms with van der Waals surface area (Å²) in [5.41, 5.74) is 2.44. The molecular weight excluding hydrogens is 582 g/mol. The number of phenols is 2. The summed E-state index contributed by atoms with van der Waals surface area (Å²) in [5, 5.41) is 43.7. The van der Waals surface area contributed by atoms with E-state index in [4.69, 9.17) is 14.6 Å². The summed E-state index contributed by atoms with van der Waals surface area (Å²) in [4.78, 5) is 12.7. The number of aliphatic hydroxyl groups is 2. The number of aliphatic hydroxyl groups excluding tert-OH is 2. The molecule has 0 radical (unpaired) electrons. The summed E-state index contributed by atoms with van der Waals surface area (Å²) in [6, 6.07) is 25.8. The number of hydrogen-bond donors (Lipinski definition) is 5. The molecule has 0 heterocycles. The van der Waals surface area contributed by atoms with Gasteiger partial charge in [0.25, 0.3) is 0 Å². The Morgan fingerprint density at radius 3 is 2.30 bits per heavy atom. The molecule has 0 aliphatic heterocycles. The Hall–Kier alpha value is -3.95. The van der Waals surface area contributed by atoms with Gasteiger partial charge in [-0.2, -0.15) is 0 Å². The molecular formula is C38H49NO7. The lowest BCUT2D eigenvalue weighted by molar-refractivity contribution is 0.0467. The van der Waals surface area contributed by atoms with Gasteiger partial charge in [0.1, 0.15) is 23.7 Å². The van der Waals surface area contributed by atoms with Crippen LogP contribution in [0.1, 0.15) is 78.6 Å². The van der Waals surface area contributed by atoms with Crippen LogP contribution in [0, 0.1) is 0 Å². The predicted molar refractivity (Wildman–Crippen MR) is 182 cm³/mol. The maximum Gasteiger partial charge on any atom is 0.342 e. The van der Waals surface area contributed by atoms with E-state index in [1.165, 1.54) is 17.7 Å². The predicted octanol–water partition coefficient (Wildman–Crippen LogP) is 6.83. The lowest BCUT2D eigenvalue weighted by Crippen LogP contribution is -2.22. The standard InChI is InChI=1S/C36H43NO6.C2H6O/c38-33-20-18-29(24-30(33)26-43-36(41)32-19-17-28-15-6-7-16-31(28)35(32)40)34(39)25-37-21-9-1-2-10-22-42-23-11-8-14-27-12-4-3-5-13-27;1-2-3/h3-7,12-13,15-20,24,34,37-40H,1-2,8-11,14,21-23,25-26H2;3H,2H2,1H3. The molecule has 5 N–H and O–H groups in total. The highest BCUT2D eigenvalue weighted by Crippen LogP contribution is 2.30. The van der Waals surface area contributed by atoms with Crippen LogP contribution in [0.2, 0.25) is 0 Å². The number of ether oxygens (including phenoxy) is 2. The topological polar surface area (TPSA) is 128 Å². The molecule has 0 aliphatic carbocycles. The average Bonchev–Trinajstić information content (AvgIpc) is 3.07. The number of hydrogen-bond acceptors (Lipinski definition) is 8. The number of nitrogens with one attached hydrogen (secondary N) is 1. The van der Waals surface area contributed by atoms with Crippen molar-refractivity contribution >= 4 is 16.7 Å². The van der Waals surface area contributed by atoms with Gasteiger partial charge in [-0.1, -0.05) is 79.6 Å². The van der Waals surface area contributed by atoms with Crippen LogP contribution in [0.15, 0.2) is 84.9 Å². The summed E-state index contributed by atoms with van der Waals surface area (Å²) in [7, 11) is 0. The molecule has 0 aromatic heterocycles. The van der Waals surface area contributed by atoms with Crippen molar-refractivity contribution in [3.8, 4) is 11.5 Å². The average molecular weight is 632 g/mol. The summed E-state index contributed by atoms with van der Waals surface area (Å²) in [6.07, 6.45) is 6.87. The van der Waals surface area contributed by atoms with Gasteiger partial charge in [-0.3, -0.25) is 0 Å². The van der Waals surface area contributed by atoms with Crippen molar-refractivity contribution in [3.05, 3.63) is 107 Å². The lowest BCUT2D eigenvalue weighted by atomic mass is 10.0. The highest BCUT2D eigenvalue weighted by Gasteiger charge is 2.17. The van der Waals surface area contributed by atoms with Crippen molar-refractivity contribution in [2.24, 2.45) is 0 Å². The minimum absolute atomic E-state index is 0.0318. The Morgan fingerprint density at radius 1 is 0.826 bits per heavy atom. The van der Waals surface area contributed by atoms with Gasteiger partial charge in [-0.25, -0.2) is 4.79 Å². The van der Waals surface area contributed by atoms with Gasteiger partial charge >= 0.3 is 5.97 Å². The molecule has 248 valence electrons. The number of benzene rings is 4. The Morgan fingerprint density at radius 2 is 1.52 bits per heavy atom. The highest BCUT2D eigenvalue weighted by atomic mass is 16.5. The number of unbranched alkanes of at least 4 members (excludes halogenated alkanes) is 4.